The topological polar surface area (TPSA) is 94.7 Å². The Morgan fingerprint density at radius 2 is 1.33 bits per heavy atom. The first-order valence-electron chi connectivity index (χ1n) is 10.5. The van der Waals surface area contributed by atoms with Crippen LogP contribution < -0.4 is 0 Å². The molecule has 6 rings (SSSR count). The molecule has 5 heterocycles. The van der Waals surface area contributed by atoms with Gasteiger partial charge in [-0.05, 0) is 84.5 Å². The fraction of sp³-hybridized carbons (Fsp3) is 0. The smallest absolute Gasteiger partial charge is 0.335 e. The lowest BCUT2D eigenvalue weighted by Gasteiger charge is -2.01. The zero-order valence-corrected chi connectivity index (χ0v) is 17.4. The average Bonchev–Trinajstić information content (AvgIpc) is 3.59. The summed E-state index contributed by atoms with van der Waals surface area (Å²) in [6.45, 7) is 0. The van der Waals surface area contributed by atoms with Crippen molar-refractivity contribution in [1.82, 2.24) is 19.9 Å². The van der Waals surface area contributed by atoms with Crippen LogP contribution in [0, 0.1) is 0 Å². The van der Waals surface area contributed by atoms with E-state index in [1.807, 2.05) is 72.8 Å². The Bertz CT molecular complexity index is 1650. The van der Waals surface area contributed by atoms with Crippen molar-refractivity contribution in [3.05, 3.63) is 95.1 Å². The Labute approximate surface area is 188 Å². The Morgan fingerprint density at radius 3 is 2.06 bits per heavy atom. The molecule has 0 atom stereocenters. The standard InChI is InChI=1S/C27H18N4O2/c32-27(33)17-3-1-2-16(10-17)25-14-24-13-22-7-6-20(29-22)11-18-4-5-19(28-18)12-21-8-9-23(30-21)15-26(25)31-24/h1-15,29,31H,(H,32,33). The third-order valence-corrected chi connectivity index (χ3v) is 5.59. The van der Waals surface area contributed by atoms with Gasteiger partial charge in [0.25, 0.3) is 0 Å². The molecule has 2 aliphatic heterocycles. The lowest BCUT2D eigenvalue weighted by molar-refractivity contribution is 0.0697. The SMILES string of the molecule is O=C(O)c1cccc(-c2cc3cc4ccc(cc5nc(cc6nc(cc2[nH]3)C=C6)C=C5)[nH]4)c1. The maximum Gasteiger partial charge on any atom is 0.335 e. The number of carboxylic acids is 1. The number of fused-ring (bicyclic) bond motifs is 8. The predicted molar refractivity (Wildman–Crippen MR) is 131 cm³/mol. The van der Waals surface area contributed by atoms with Gasteiger partial charge in [-0.15, -0.1) is 0 Å². The summed E-state index contributed by atoms with van der Waals surface area (Å²) < 4.78 is 0. The number of hydrogen-bond donors (Lipinski definition) is 3. The van der Waals surface area contributed by atoms with E-state index in [2.05, 4.69) is 15.0 Å². The molecule has 0 saturated carbocycles. The molecular formula is C27H18N4O2. The van der Waals surface area contributed by atoms with Crippen molar-refractivity contribution in [3.63, 3.8) is 0 Å². The summed E-state index contributed by atoms with van der Waals surface area (Å²) in [6.07, 6.45) is 7.87. The molecule has 2 aliphatic rings. The van der Waals surface area contributed by atoms with Gasteiger partial charge in [-0.3, -0.25) is 0 Å². The lowest BCUT2D eigenvalue weighted by atomic mass is 10.0. The minimum absolute atomic E-state index is 0.248. The van der Waals surface area contributed by atoms with Crippen LogP contribution in [0.15, 0.2) is 66.7 Å². The second kappa shape index (κ2) is 7.46. The first-order valence-corrected chi connectivity index (χ1v) is 10.5. The van der Waals surface area contributed by atoms with E-state index in [-0.39, 0.29) is 5.56 Å². The van der Waals surface area contributed by atoms with Crippen LogP contribution in [0.1, 0.15) is 33.1 Å². The highest BCUT2D eigenvalue weighted by molar-refractivity contribution is 5.93. The van der Waals surface area contributed by atoms with Gasteiger partial charge in [-0.1, -0.05) is 12.1 Å². The van der Waals surface area contributed by atoms with Crippen LogP contribution in [-0.2, 0) is 0 Å². The number of aromatic carboxylic acids is 1. The number of hydrogen-bond acceptors (Lipinski definition) is 3. The summed E-state index contributed by atoms with van der Waals surface area (Å²) in [5, 5.41) is 9.43. The van der Waals surface area contributed by atoms with Crippen LogP contribution in [0.25, 0.3) is 57.5 Å². The Balaban J connectivity index is 1.65. The van der Waals surface area contributed by atoms with Crippen LogP contribution >= 0.6 is 0 Å². The van der Waals surface area contributed by atoms with E-state index >= 15 is 0 Å². The van der Waals surface area contributed by atoms with Gasteiger partial charge < -0.3 is 15.1 Å². The molecule has 1 aromatic carbocycles. The highest BCUT2D eigenvalue weighted by atomic mass is 16.4. The molecular weight excluding hydrogens is 412 g/mol. The number of nitrogens with one attached hydrogen (secondary N) is 2. The summed E-state index contributed by atoms with van der Waals surface area (Å²) in [5.41, 5.74) is 8.98. The molecule has 0 unspecified atom stereocenters. The number of benzene rings is 1. The number of carbonyl (C=O) groups is 1. The third-order valence-electron chi connectivity index (χ3n) is 5.59. The summed E-state index contributed by atoms with van der Waals surface area (Å²) in [4.78, 5) is 27.7. The van der Waals surface area contributed by atoms with Gasteiger partial charge in [0.05, 0.1) is 28.3 Å². The van der Waals surface area contributed by atoms with Crippen molar-refractivity contribution >= 4 is 52.3 Å². The minimum atomic E-state index is -0.951. The summed E-state index contributed by atoms with van der Waals surface area (Å²) >= 11 is 0. The molecule has 0 spiro atoms. The molecule has 0 amide bonds. The van der Waals surface area contributed by atoms with Crippen molar-refractivity contribution in [2.75, 3.05) is 0 Å². The fourth-order valence-corrected chi connectivity index (χ4v) is 4.08. The average molecular weight is 430 g/mol. The van der Waals surface area contributed by atoms with Crippen molar-refractivity contribution in [1.29, 1.82) is 0 Å². The Hall–Kier alpha value is -4.71. The highest BCUT2D eigenvalue weighted by Crippen LogP contribution is 2.28. The number of aromatic amines is 2. The monoisotopic (exact) mass is 430 g/mol. The molecule has 6 nitrogen and oxygen atoms in total. The Kier molecular flexibility index (Phi) is 4.30. The second-order valence-corrected chi connectivity index (χ2v) is 7.97. The van der Waals surface area contributed by atoms with E-state index in [0.717, 1.165) is 56.0 Å². The van der Waals surface area contributed by atoms with Gasteiger partial charge in [0.1, 0.15) is 0 Å². The van der Waals surface area contributed by atoms with Crippen molar-refractivity contribution < 1.29 is 9.90 Å². The van der Waals surface area contributed by atoms with Gasteiger partial charge >= 0.3 is 5.97 Å². The normalized spacial score (nSPS) is 12.2. The van der Waals surface area contributed by atoms with Crippen LogP contribution in [0.5, 0.6) is 0 Å². The second-order valence-electron chi connectivity index (χ2n) is 7.97. The van der Waals surface area contributed by atoms with E-state index in [1.165, 1.54) is 0 Å². The third kappa shape index (κ3) is 3.74. The molecule has 0 aliphatic carbocycles. The molecule has 6 heteroatoms. The zero-order valence-electron chi connectivity index (χ0n) is 17.4. The Morgan fingerprint density at radius 1 is 0.667 bits per heavy atom. The van der Waals surface area contributed by atoms with Crippen molar-refractivity contribution in [3.8, 4) is 11.1 Å². The molecule has 33 heavy (non-hydrogen) atoms. The van der Waals surface area contributed by atoms with E-state index in [0.29, 0.717) is 0 Å². The molecule has 8 bridgehead atoms. The van der Waals surface area contributed by atoms with Crippen molar-refractivity contribution in [2.45, 2.75) is 0 Å². The van der Waals surface area contributed by atoms with Gasteiger partial charge in [0, 0.05) is 27.6 Å². The largest absolute Gasteiger partial charge is 0.478 e. The minimum Gasteiger partial charge on any atom is -0.478 e. The van der Waals surface area contributed by atoms with Crippen LogP contribution in [0.2, 0.25) is 0 Å². The lowest BCUT2D eigenvalue weighted by Crippen LogP contribution is -1.95. The van der Waals surface area contributed by atoms with E-state index < -0.39 is 5.97 Å². The maximum absolute atomic E-state index is 11.5. The molecule has 4 aromatic rings. The summed E-state index contributed by atoms with van der Waals surface area (Å²) in [6, 6.07) is 21.0. The molecule has 3 N–H and O–H groups in total. The molecule has 0 saturated heterocycles. The summed E-state index contributed by atoms with van der Waals surface area (Å²) in [7, 11) is 0. The predicted octanol–water partition coefficient (Wildman–Crippen LogP) is 6.02. The van der Waals surface area contributed by atoms with Gasteiger partial charge in [0.2, 0.25) is 0 Å². The number of nitrogens with zero attached hydrogens (tertiary/aromatic N) is 2. The van der Waals surface area contributed by atoms with Gasteiger partial charge in [0.15, 0.2) is 0 Å². The quantitative estimate of drug-likeness (QED) is 0.313. The fourth-order valence-electron chi connectivity index (χ4n) is 4.08. The molecule has 0 fully saturated rings. The number of aromatic nitrogens is 4. The number of carboxylic acid groups (broad SMARTS) is 1. The van der Waals surface area contributed by atoms with Crippen molar-refractivity contribution in [2.24, 2.45) is 0 Å². The molecule has 3 aromatic heterocycles. The van der Waals surface area contributed by atoms with Crippen LogP contribution in [0.3, 0.4) is 0 Å². The highest BCUT2D eigenvalue weighted by Gasteiger charge is 2.09. The van der Waals surface area contributed by atoms with E-state index in [1.54, 1.807) is 18.2 Å². The van der Waals surface area contributed by atoms with Gasteiger partial charge in [-0.2, -0.15) is 0 Å². The van der Waals surface area contributed by atoms with Crippen LogP contribution in [0.4, 0.5) is 0 Å². The van der Waals surface area contributed by atoms with Gasteiger partial charge in [-0.25, -0.2) is 14.8 Å². The van der Waals surface area contributed by atoms with Crippen LogP contribution in [-0.4, -0.2) is 31.0 Å². The van der Waals surface area contributed by atoms with E-state index in [9.17, 15) is 9.90 Å². The molecule has 158 valence electrons. The first kappa shape index (κ1) is 19.0. The summed E-state index contributed by atoms with van der Waals surface area (Å²) in [5.74, 6) is -0.951. The number of H-pyrrole nitrogens is 2. The first-order chi connectivity index (χ1) is 16.1. The van der Waals surface area contributed by atoms with E-state index in [4.69, 9.17) is 4.98 Å². The maximum atomic E-state index is 11.5. The zero-order chi connectivity index (χ0) is 22.4. The number of rotatable bonds is 2. The molecule has 0 radical (unpaired) electrons.